The van der Waals surface area contributed by atoms with Gasteiger partial charge in [-0.05, 0) is 18.4 Å². The lowest BCUT2D eigenvalue weighted by Crippen LogP contribution is -2.50. The minimum absolute atomic E-state index is 0.238. The molecule has 1 aromatic rings. The standard InChI is InChI=1S/C17H19F3N2O4/c18-17(19,20)10-12(16(25)26)21-15(24)14(11-6-2-1-3-7-11)22-9-5-4-8-13(22)23/h1-3,6-7,12,14H,4-5,8-10H2,(H,21,24)(H,25,26). The highest BCUT2D eigenvalue weighted by atomic mass is 19.4. The van der Waals surface area contributed by atoms with E-state index in [1.807, 2.05) is 5.32 Å². The van der Waals surface area contributed by atoms with Gasteiger partial charge < -0.3 is 15.3 Å². The van der Waals surface area contributed by atoms with Crippen LogP contribution in [-0.4, -0.2) is 46.6 Å². The Hall–Kier alpha value is -2.58. The van der Waals surface area contributed by atoms with Crippen LogP contribution >= 0.6 is 0 Å². The van der Waals surface area contributed by atoms with Crippen molar-refractivity contribution in [3.63, 3.8) is 0 Å². The minimum atomic E-state index is -4.75. The number of nitrogens with zero attached hydrogens (tertiary/aromatic N) is 1. The molecule has 0 radical (unpaired) electrons. The molecule has 0 aliphatic carbocycles. The number of hydrogen-bond acceptors (Lipinski definition) is 3. The average molecular weight is 372 g/mol. The Balaban J connectivity index is 2.27. The summed E-state index contributed by atoms with van der Waals surface area (Å²) in [5.41, 5.74) is 0.413. The van der Waals surface area contributed by atoms with Crippen LogP contribution < -0.4 is 5.32 Å². The van der Waals surface area contributed by atoms with Crippen molar-refractivity contribution in [2.24, 2.45) is 0 Å². The number of halogens is 3. The summed E-state index contributed by atoms with van der Waals surface area (Å²) in [6.45, 7) is 0.281. The van der Waals surface area contributed by atoms with Gasteiger partial charge in [0.1, 0.15) is 12.1 Å². The van der Waals surface area contributed by atoms with Crippen LogP contribution in [0.4, 0.5) is 13.2 Å². The van der Waals surface area contributed by atoms with Crippen molar-refractivity contribution in [2.45, 2.75) is 43.9 Å². The zero-order valence-corrected chi connectivity index (χ0v) is 13.8. The topological polar surface area (TPSA) is 86.7 Å². The van der Waals surface area contributed by atoms with Crippen LogP contribution in [0.5, 0.6) is 0 Å². The third-order valence-electron chi connectivity index (χ3n) is 4.09. The van der Waals surface area contributed by atoms with Crippen LogP contribution in [0.15, 0.2) is 30.3 Å². The fourth-order valence-electron chi connectivity index (χ4n) is 2.89. The lowest BCUT2D eigenvalue weighted by molar-refractivity contribution is -0.161. The highest BCUT2D eigenvalue weighted by Gasteiger charge is 2.39. The van der Waals surface area contributed by atoms with E-state index >= 15 is 0 Å². The third kappa shape index (κ3) is 5.21. The quantitative estimate of drug-likeness (QED) is 0.802. The number of amides is 2. The number of carbonyl (C=O) groups is 3. The molecule has 1 heterocycles. The van der Waals surface area contributed by atoms with E-state index in [-0.39, 0.29) is 18.9 Å². The Morgan fingerprint density at radius 3 is 2.38 bits per heavy atom. The van der Waals surface area contributed by atoms with E-state index in [0.29, 0.717) is 18.4 Å². The molecule has 0 aromatic heterocycles. The maximum atomic E-state index is 12.7. The molecule has 2 rings (SSSR count). The van der Waals surface area contributed by atoms with Crippen molar-refractivity contribution in [2.75, 3.05) is 6.54 Å². The average Bonchev–Trinajstić information content (AvgIpc) is 2.56. The summed E-state index contributed by atoms with van der Waals surface area (Å²) in [4.78, 5) is 37.3. The number of carboxylic acids is 1. The molecule has 142 valence electrons. The maximum absolute atomic E-state index is 12.7. The van der Waals surface area contributed by atoms with E-state index in [2.05, 4.69) is 0 Å². The second kappa shape index (κ2) is 8.20. The number of alkyl halides is 3. The summed E-state index contributed by atoms with van der Waals surface area (Å²) in [6.07, 6.45) is -4.87. The van der Waals surface area contributed by atoms with Gasteiger partial charge in [0.2, 0.25) is 11.8 Å². The largest absolute Gasteiger partial charge is 0.480 e. The van der Waals surface area contributed by atoms with Crippen LogP contribution in [0.1, 0.15) is 37.3 Å². The SMILES string of the molecule is O=C(O)C(CC(F)(F)F)NC(=O)C(c1ccccc1)N1CCCCC1=O. The van der Waals surface area contributed by atoms with Crippen LogP contribution in [0.2, 0.25) is 0 Å². The number of aliphatic carboxylic acids is 1. The van der Waals surface area contributed by atoms with Crippen LogP contribution in [-0.2, 0) is 14.4 Å². The van der Waals surface area contributed by atoms with E-state index in [1.165, 1.54) is 4.90 Å². The van der Waals surface area contributed by atoms with Gasteiger partial charge in [-0.25, -0.2) is 4.79 Å². The van der Waals surface area contributed by atoms with Gasteiger partial charge in [0.25, 0.3) is 0 Å². The number of carboxylic acid groups (broad SMARTS) is 1. The molecule has 1 saturated heterocycles. The van der Waals surface area contributed by atoms with Crippen molar-refractivity contribution in [3.05, 3.63) is 35.9 Å². The molecule has 2 N–H and O–H groups in total. The number of likely N-dealkylation sites (tertiary alicyclic amines) is 1. The van der Waals surface area contributed by atoms with Gasteiger partial charge in [-0.3, -0.25) is 9.59 Å². The van der Waals surface area contributed by atoms with Crippen LogP contribution in [0, 0.1) is 0 Å². The molecule has 1 aliphatic rings. The van der Waals surface area contributed by atoms with Gasteiger partial charge in [0, 0.05) is 13.0 Å². The van der Waals surface area contributed by atoms with Crippen molar-refractivity contribution < 1.29 is 32.7 Å². The van der Waals surface area contributed by atoms with E-state index in [4.69, 9.17) is 5.11 Å². The lowest BCUT2D eigenvalue weighted by atomic mass is 10.00. The van der Waals surface area contributed by atoms with Gasteiger partial charge in [-0.2, -0.15) is 13.2 Å². The molecule has 1 aliphatic heterocycles. The first-order chi connectivity index (χ1) is 12.2. The predicted molar refractivity (Wildman–Crippen MR) is 85.0 cm³/mol. The summed E-state index contributed by atoms with van der Waals surface area (Å²) < 4.78 is 37.7. The summed E-state index contributed by atoms with van der Waals surface area (Å²) in [7, 11) is 0. The number of rotatable bonds is 6. The van der Waals surface area contributed by atoms with Crippen molar-refractivity contribution >= 4 is 17.8 Å². The monoisotopic (exact) mass is 372 g/mol. The zero-order chi connectivity index (χ0) is 19.3. The minimum Gasteiger partial charge on any atom is -0.480 e. The van der Waals surface area contributed by atoms with Crippen LogP contribution in [0.25, 0.3) is 0 Å². The van der Waals surface area contributed by atoms with Gasteiger partial charge in [0.05, 0.1) is 6.42 Å². The molecule has 0 bridgehead atoms. The van der Waals surface area contributed by atoms with E-state index < -0.39 is 36.6 Å². The summed E-state index contributed by atoms with van der Waals surface area (Å²) >= 11 is 0. The Morgan fingerprint density at radius 1 is 1.19 bits per heavy atom. The Kier molecular flexibility index (Phi) is 6.23. The first-order valence-corrected chi connectivity index (χ1v) is 8.13. The molecular weight excluding hydrogens is 353 g/mol. The molecule has 2 amide bonds. The number of piperidine rings is 1. The van der Waals surface area contributed by atoms with E-state index in [1.54, 1.807) is 30.3 Å². The van der Waals surface area contributed by atoms with Crippen molar-refractivity contribution in [1.82, 2.24) is 10.2 Å². The van der Waals surface area contributed by atoms with Gasteiger partial charge in [-0.1, -0.05) is 30.3 Å². The first kappa shape index (κ1) is 19.7. The van der Waals surface area contributed by atoms with Gasteiger partial charge >= 0.3 is 12.1 Å². The molecule has 0 spiro atoms. The maximum Gasteiger partial charge on any atom is 0.391 e. The molecule has 2 atom stereocenters. The summed E-state index contributed by atoms with van der Waals surface area (Å²) in [5, 5.41) is 10.9. The fourth-order valence-corrected chi connectivity index (χ4v) is 2.89. The van der Waals surface area contributed by atoms with E-state index in [0.717, 1.165) is 0 Å². The Bertz CT molecular complexity index is 664. The van der Waals surface area contributed by atoms with Crippen LogP contribution in [0.3, 0.4) is 0 Å². The molecule has 1 fully saturated rings. The van der Waals surface area contributed by atoms with Crippen molar-refractivity contribution in [1.29, 1.82) is 0 Å². The number of carbonyl (C=O) groups excluding carboxylic acids is 2. The molecule has 26 heavy (non-hydrogen) atoms. The smallest absolute Gasteiger partial charge is 0.391 e. The molecule has 2 unspecified atom stereocenters. The number of hydrogen-bond donors (Lipinski definition) is 2. The summed E-state index contributed by atoms with van der Waals surface area (Å²) in [5.74, 6) is -3.02. The second-order valence-corrected chi connectivity index (χ2v) is 6.08. The Morgan fingerprint density at radius 2 is 1.85 bits per heavy atom. The zero-order valence-electron chi connectivity index (χ0n) is 13.8. The molecule has 9 heteroatoms. The second-order valence-electron chi connectivity index (χ2n) is 6.08. The molecule has 6 nitrogen and oxygen atoms in total. The van der Waals surface area contributed by atoms with Gasteiger partial charge in [0.15, 0.2) is 0 Å². The number of nitrogens with one attached hydrogen (secondary N) is 1. The summed E-state index contributed by atoms with van der Waals surface area (Å²) in [6, 6.07) is 4.83. The highest BCUT2D eigenvalue weighted by molar-refractivity contribution is 5.91. The first-order valence-electron chi connectivity index (χ1n) is 8.13. The van der Waals surface area contributed by atoms with Crippen molar-refractivity contribution in [3.8, 4) is 0 Å². The highest BCUT2D eigenvalue weighted by Crippen LogP contribution is 2.27. The number of benzene rings is 1. The normalized spacial score (nSPS) is 17.5. The predicted octanol–water partition coefficient (Wildman–Crippen LogP) is 2.26. The lowest BCUT2D eigenvalue weighted by Gasteiger charge is -2.34. The fraction of sp³-hybridized carbons (Fsp3) is 0.471. The molecule has 1 aromatic carbocycles. The molecular formula is C17H19F3N2O4. The van der Waals surface area contributed by atoms with E-state index in [9.17, 15) is 27.6 Å². The third-order valence-corrected chi connectivity index (χ3v) is 4.09. The molecule has 0 saturated carbocycles. The van der Waals surface area contributed by atoms with Gasteiger partial charge in [-0.15, -0.1) is 0 Å². The Labute approximate surface area is 148 Å².